The molecule has 0 aliphatic rings. The second kappa shape index (κ2) is 10.5. The molecule has 0 radical (unpaired) electrons. The van der Waals surface area contributed by atoms with E-state index in [0.29, 0.717) is 6.61 Å². The predicted molar refractivity (Wildman–Crippen MR) is 72.8 cm³/mol. The van der Waals surface area contributed by atoms with Gasteiger partial charge in [0.2, 0.25) is 0 Å². The minimum absolute atomic E-state index is 0.498. The third kappa shape index (κ3) is 7.29. The lowest BCUT2D eigenvalue weighted by Crippen LogP contribution is -1.99. The Morgan fingerprint density at radius 3 is 2.24 bits per heavy atom. The summed E-state index contributed by atoms with van der Waals surface area (Å²) in [5.74, 6) is 0. The van der Waals surface area contributed by atoms with E-state index in [9.17, 15) is 0 Å². The van der Waals surface area contributed by atoms with E-state index in [1.165, 1.54) is 5.56 Å². The molecule has 17 heavy (non-hydrogen) atoms. The Balaban J connectivity index is 0.00000121. The van der Waals surface area contributed by atoms with E-state index in [2.05, 4.69) is 5.09 Å². The van der Waals surface area contributed by atoms with Crippen LogP contribution < -0.4 is 5.09 Å². The number of hydrogen-bond donors (Lipinski definition) is 1. The quantitative estimate of drug-likeness (QED) is 0.470. The van der Waals surface area contributed by atoms with Crippen molar-refractivity contribution in [1.29, 1.82) is 0 Å². The molecule has 0 heterocycles. The van der Waals surface area contributed by atoms with Crippen LogP contribution in [0.25, 0.3) is 0 Å². The highest BCUT2D eigenvalue weighted by Gasteiger charge is 2.09. The summed E-state index contributed by atoms with van der Waals surface area (Å²) in [6, 6.07) is 7.98. The van der Waals surface area contributed by atoms with Crippen molar-refractivity contribution in [1.82, 2.24) is 0 Å². The normalized spacial score (nSPS) is 11.4. The van der Waals surface area contributed by atoms with E-state index in [-0.39, 0.29) is 0 Å². The topological polar surface area (TPSA) is 39.7 Å². The highest BCUT2D eigenvalue weighted by atomic mass is 31.2. The van der Waals surface area contributed by atoms with Crippen molar-refractivity contribution in [2.45, 2.75) is 27.7 Å². The molecule has 0 aliphatic carbocycles. The molecule has 0 spiro atoms. The lowest BCUT2D eigenvalue weighted by atomic mass is 10.2. The molecule has 0 bridgehead atoms. The van der Waals surface area contributed by atoms with E-state index in [4.69, 9.17) is 14.1 Å². The summed E-state index contributed by atoms with van der Waals surface area (Å²) in [6.07, 6.45) is 0. The zero-order valence-corrected chi connectivity index (χ0v) is 12.1. The molecule has 1 rings (SSSR count). The summed E-state index contributed by atoms with van der Waals surface area (Å²) >= 11 is 0. The van der Waals surface area contributed by atoms with Crippen LogP contribution in [0, 0.1) is 6.92 Å². The fourth-order valence-corrected chi connectivity index (χ4v) is 1.68. The fraction of sp³-hybridized carbons (Fsp3) is 0.500. The van der Waals surface area contributed by atoms with Gasteiger partial charge in [-0.1, -0.05) is 31.5 Å². The van der Waals surface area contributed by atoms with E-state index >= 15 is 0 Å². The Kier molecular flexibility index (Phi) is 10.1. The van der Waals surface area contributed by atoms with Gasteiger partial charge in [0, 0.05) is 12.8 Å². The van der Waals surface area contributed by atoms with Crippen molar-refractivity contribution in [3.63, 3.8) is 0 Å². The Morgan fingerprint density at radius 2 is 1.76 bits per heavy atom. The third-order valence-corrected chi connectivity index (χ3v) is 2.69. The summed E-state index contributed by atoms with van der Waals surface area (Å²) in [4.78, 5) is 4.82. The maximum Gasteiger partial charge on any atom is 0.318 e. The lowest BCUT2D eigenvalue weighted by molar-refractivity contribution is -0.201. The molecule has 1 aromatic rings. The monoisotopic (exact) mass is 259 g/mol. The van der Waals surface area contributed by atoms with Gasteiger partial charge in [-0.3, -0.25) is 0 Å². The smallest absolute Gasteiger partial charge is 0.318 e. The molecule has 5 heteroatoms. The minimum Gasteiger partial charge on any atom is -0.319 e. The van der Waals surface area contributed by atoms with Crippen molar-refractivity contribution in [2.24, 2.45) is 0 Å². The first-order chi connectivity index (χ1) is 8.26. The van der Waals surface area contributed by atoms with Crippen LogP contribution in [-0.4, -0.2) is 13.7 Å². The number of anilines is 1. The number of rotatable bonds is 6. The van der Waals surface area contributed by atoms with Crippen LogP contribution in [0.1, 0.15) is 26.3 Å². The van der Waals surface area contributed by atoms with Crippen molar-refractivity contribution >= 4 is 14.2 Å². The Morgan fingerprint density at radius 1 is 1.18 bits per heavy atom. The second-order valence-electron chi connectivity index (χ2n) is 2.90. The molecular formula is C12H22NO3P. The van der Waals surface area contributed by atoms with Gasteiger partial charge in [-0.25, -0.2) is 4.89 Å². The molecule has 0 fully saturated rings. The first kappa shape index (κ1) is 16.3. The van der Waals surface area contributed by atoms with Gasteiger partial charge in [0.05, 0.1) is 6.61 Å². The summed E-state index contributed by atoms with van der Waals surface area (Å²) in [5, 5.41) is 3.09. The Bertz CT molecular complexity index is 280. The average molecular weight is 259 g/mol. The zero-order valence-electron chi connectivity index (χ0n) is 11.2. The molecule has 0 amide bonds. The van der Waals surface area contributed by atoms with Crippen molar-refractivity contribution in [2.75, 3.05) is 18.8 Å². The van der Waals surface area contributed by atoms with Crippen molar-refractivity contribution in [3.05, 3.63) is 29.8 Å². The Hall–Kier alpha value is -0.670. The lowest BCUT2D eigenvalue weighted by Gasteiger charge is -2.14. The second-order valence-corrected chi connectivity index (χ2v) is 4.15. The van der Waals surface area contributed by atoms with Gasteiger partial charge < -0.3 is 9.61 Å². The van der Waals surface area contributed by atoms with E-state index < -0.39 is 8.53 Å². The van der Waals surface area contributed by atoms with E-state index in [0.717, 1.165) is 5.69 Å². The summed E-state index contributed by atoms with van der Waals surface area (Å²) in [6.45, 7) is 8.40. The van der Waals surface area contributed by atoms with Crippen LogP contribution in [0.4, 0.5) is 5.69 Å². The van der Waals surface area contributed by atoms with Crippen molar-refractivity contribution in [3.8, 4) is 0 Å². The highest BCUT2D eigenvalue weighted by molar-refractivity contribution is 7.48. The Labute approximate surface area is 105 Å². The van der Waals surface area contributed by atoms with Gasteiger partial charge in [-0.2, -0.15) is 4.67 Å². The number of benzene rings is 1. The van der Waals surface area contributed by atoms with Gasteiger partial charge in [-0.05, 0) is 26.0 Å². The van der Waals surface area contributed by atoms with Gasteiger partial charge in [-0.15, -0.1) is 0 Å². The summed E-state index contributed by atoms with van der Waals surface area (Å²) < 4.78 is 10.1. The minimum atomic E-state index is -1.22. The first-order valence-electron chi connectivity index (χ1n) is 5.73. The maximum absolute atomic E-state index is 5.09. The largest absolute Gasteiger partial charge is 0.319 e. The van der Waals surface area contributed by atoms with Crippen LogP contribution in [0.3, 0.4) is 0 Å². The number of aryl methyl sites for hydroxylation is 1. The van der Waals surface area contributed by atoms with Gasteiger partial charge >= 0.3 is 8.53 Å². The fourth-order valence-electron chi connectivity index (χ4n) is 0.929. The molecule has 1 atom stereocenters. The van der Waals surface area contributed by atoms with Crippen LogP contribution in [0.5, 0.6) is 0 Å². The average Bonchev–Trinajstić information content (AvgIpc) is 2.39. The van der Waals surface area contributed by atoms with Gasteiger partial charge in [0.15, 0.2) is 0 Å². The van der Waals surface area contributed by atoms with Crippen LogP contribution in [0.15, 0.2) is 24.3 Å². The van der Waals surface area contributed by atoms with Gasteiger partial charge in [0.1, 0.15) is 0 Å². The first-order valence-corrected chi connectivity index (χ1v) is 6.91. The SMILES string of the molecule is CC.CCOOP(Nc1ccc(C)cc1)OC. The third-order valence-electron chi connectivity index (χ3n) is 1.68. The van der Waals surface area contributed by atoms with Crippen molar-refractivity contribution < 1.29 is 14.1 Å². The molecule has 0 aliphatic heterocycles. The van der Waals surface area contributed by atoms with Crippen LogP contribution in [-0.2, 0) is 14.1 Å². The summed E-state index contributed by atoms with van der Waals surface area (Å²) in [7, 11) is 0.353. The van der Waals surface area contributed by atoms with E-state index in [1.54, 1.807) is 7.11 Å². The molecule has 98 valence electrons. The molecule has 1 unspecified atom stereocenters. The molecular weight excluding hydrogens is 237 g/mol. The maximum atomic E-state index is 5.09. The molecule has 1 aromatic carbocycles. The predicted octanol–water partition coefficient (Wildman–Crippen LogP) is 4.27. The molecule has 0 saturated carbocycles. The standard InChI is InChI=1S/C10H16NO3P.C2H6/c1-4-13-14-15(12-3)11-10-7-5-9(2)6-8-10;1-2/h5-8,11H,4H2,1-3H3;1-2H3. The number of nitrogens with one attached hydrogen (secondary N) is 1. The van der Waals surface area contributed by atoms with E-state index in [1.807, 2.05) is 52.0 Å². The zero-order chi connectivity index (χ0) is 13.1. The molecule has 0 saturated heterocycles. The summed E-state index contributed by atoms with van der Waals surface area (Å²) in [5.41, 5.74) is 2.17. The van der Waals surface area contributed by atoms with Gasteiger partial charge in [0.25, 0.3) is 0 Å². The van der Waals surface area contributed by atoms with Crippen LogP contribution >= 0.6 is 8.53 Å². The molecule has 1 N–H and O–H groups in total. The van der Waals surface area contributed by atoms with Crippen LogP contribution in [0.2, 0.25) is 0 Å². The molecule has 4 nitrogen and oxygen atoms in total. The highest BCUT2D eigenvalue weighted by Crippen LogP contribution is 2.37. The molecule has 0 aromatic heterocycles. The number of hydrogen-bond acceptors (Lipinski definition) is 4.